The zero-order valence-corrected chi connectivity index (χ0v) is 7.16. The van der Waals surface area contributed by atoms with Gasteiger partial charge in [0, 0.05) is 0 Å². The van der Waals surface area contributed by atoms with Crippen molar-refractivity contribution in [1.82, 2.24) is 0 Å². The van der Waals surface area contributed by atoms with Crippen molar-refractivity contribution in [2.75, 3.05) is 6.61 Å². The summed E-state index contributed by atoms with van der Waals surface area (Å²) >= 11 is 3.71. The minimum atomic E-state index is 0.715. The van der Waals surface area contributed by atoms with Gasteiger partial charge in [-0.1, -0.05) is 26.7 Å². The second kappa shape index (κ2) is 6.43. The van der Waals surface area contributed by atoms with Gasteiger partial charge in [0.1, 0.15) is 0 Å². The lowest BCUT2D eigenvalue weighted by Gasteiger charge is -2.09. The Morgan fingerprint density at radius 2 is 2.11 bits per heavy atom. The maximum absolute atomic E-state index is 4.74. The highest BCUT2D eigenvalue weighted by atomic mass is 32.1. The fourth-order valence-electron chi connectivity index (χ4n) is 0.919. The van der Waals surface area contributed by atoms with E-state index in [0.717, 1.165) is 6.61 Å². The molecule has 1 unspecified atom stereocenters. The Kier molecular flexibility index (Phi) is 6.65. The predicted octanol–water partition coefficient (Wildman–Crippen LogP) is 2.67. The molecule has 0 radical (unpaired) electrons. The van der Waals surface area contributed by atoms with E-state index in [1.54, 1.807) is 0 Å². The topological polar surface area (TPSA) is 9.23 Å². The van der Waals surface area contributed by atoms with E-state index in [-0.39, 0.29) is 0 Å². The van der Waals surface area contributed by atoms with Crippen LogP contribution in [0.3, 0.4) is 0 Å². The fourth-order valence-corrected chi connectivity index (χ4v) is 1.13. The summed E-state index contributed by atoms with van der Waals surface area (Å²) in [6.45, 7) is 5.18. The van der Waals surface area contributed by atoms with Crippen molar-refractivity contribution in [3.63, 3.8) is 0 Å². The van der Waals surface area contributed by atoms with E-state index >= 15 is 0 Å². The first kappa shape index (κ1) is 9.31. The van der Waals surface area contributed by atoms with Crippen LogP contribution in [0.25, 0.3) is 0 Å². The summed E-state index contributed by atoms with van der Waals surface area (Å²) in [5.41, 5.74) is 0. The summed E-state index contributed by atoms with van der Waals surface area (Å²) < 4.78 is 4.74. The molecule has 0 amide bonds. The molecule has 1 nitrogen and oxygen atoms in total. The molecule has 0 fully saturated rings. The minimum absolute atomic E-state index is 0.715. The van der Waals surface area contributed by atoms with Gasteiger partial charge < -0.3 is 4.18 Å². The van der Waals surface area contributed by atoms with E-state index in [0.29, 0.717) is 5.92 Å². The van der Waals surface area contributed by atoms with Crippen molar-refractivity contribution in [2.45, 2.75) is 33.1 Å². The van der Waals surface area contributed by atoms with Crippen molar-refractivity contribution >= 4 is 12.9 Å². The molecule has 0 aliphatic heterocycles. The molecule has 0 N–H and O–H groups in total. The molecular formula is C7H16OS. The lowest BCUT2D eigenvalue weighted by molar-refractivity contribution is 0.274. The summed E-state index contributed by atoms with van der Waals surface area (Å²) in [6.07, 6.45) is 3.71. The van der Waals surface area contributed by atoms with Crippen molar-refractivity contribution in [3.8, 4) is 0 Å². The lowest BCUT2D eigenvalue weighted by Crippen LogP contribution is -2.03. The maximum atomic E-state index is 4.74. The first-order valence-corrected chi connectivity index (χ1v) is 3.98. The van der Waals surface area contributed by atoms with Crippen LogP contribution < -0.4 is 0 Å². The number of hydrogen-bond donors (Lipinski definition) is 1. The Morgan fingerprint density at radius 3 is 2.44 bits per heavy atom. The molecule has 0 aromatic heterocycles. The monoisotopic (exact) mass is 148 g/mol. The molecule has 0 spiro atoms. The Morgan fingerprint density at radius 1 is 1.44 bits per heavy atom. The Hall–Kier alpha value is 0.310. The summed E-state index contributed by atoms with van der Waals surface area (Å²) in [5, 5.41) is 0. The van der Waals surface area contributed by atoms with Crippen molar-refractivity contribution in [2.24, 2.45) is 5.92 Å². The second-order valence-electron chi connectivity index (χ2n) is 2.36. The molecule has 0 rings (SSSR count). The molecule has 0 aliphatic rings. The third-order valence-corrected chi connectivity index (χ3v) is 1.73. The van der Waals surface area contributed by atoms with E-state index in [4.69, 9.17) is 4.18 Å². The zero-order valence-electron chi connectivity index (χ0n) is 6.26. The normalized spacial score (nSPS) is 13.7. The van der Waals surface area contributed by atoms with Crippen LogP contribution in [0.15, 0.2) is 0 Å². The summed E-state index contributed by atoms with van der Waals surface area (Å²) in [7, 11) is 0. The van der Waals surface area contributed by atoms with E-state index in [1.807, 2.05) is 0 Å². The van der Waals surface area contributed by atoms with Gasteiger partial charge in [0.25, 0.3) is 0 Å². The molecule has 9 heavy (non-hydrogen) atoms. The third-order valence-electron chi connectivity index (χ3n) is 1.58. The molecule has 0 bridgehead atoms. The molecule has 0 aliphatic carbocycles. The average molecular weight is 148 g/mol. The van der Waals surface area contributed by atoms with E-state index in [2.05, 4.69) is 26.8 Å². The van der Waals surface area contributed by atoms with Crippen LogP contribution in [0.4, 0.5) is 0 Å². The van der Waals surface area contributed by atoms with Crippen molar-refractivity contribution < 1.29 is 4.18 Å². The average Bonchev–Trinajstić information content (AvgIpc) is 1.88. The summed E-state index contributed by atoms with van der Waals surface area (Å²) in [5.74, 6) is 0.715. The maximum Gasteiger partial charge on any atom is 0.0638 e. The highest BCUT2D eigenvalue weighted by molar-refractivity contribution is 7.75. The van der Waals surface area contributed by atoms with Crippen molar-refractivity contribution in [1.29, 1.82) is 0 Å². The molecule has 0 saturated heterocycles. The smallest absolute Gasteiger partial charge is 0.0638 e. The standard InChI is InChI=1S/C7H16OS/c1-3-5-7(4-2)6-8-9/h7,9H,3-6H2,1-2H3. The van der Waals surface area contributed by atoms with Gasteiger partial charge in [0.15, 0.2) is 0 Å². The second-order valence-corrected chi connectivity index (χ2v) is 2.62. The highest BCUT2D eigenvalue weighted by Crippen LogP contribution is 2.10. The largest absolute Gasteiger partial charge is 0.318 e. The van der Waals surface area contributed by atoms with Crippen LogP contribution in [0, 0.1) is 5.92 Å². The Labute approximate surface area is 63.4 Å². The first-order chi connectivity index (χ1) is 4.35. The Balaban J connectivity index is 3.18. The van der Waals surface area contributed by atoms with Crippen LogP contribution in [-0.4, -0.2) is 6.61 Å². The van der Waals surface area contributed by atoms with Gasteiger partial charge in [-0.2, -0.15) is 0 Å². The van der Waals surface area contributed by atoms with E-state index in [9.17, 15) is 0 Å². The predicted molar refractivity (Wildman–Crippen MR) is 43.6 cm³/mol. The molecule has 0 heterocycles. The van der Waals surface area contributed by atoms with Crippen LogP contribution in [0.5, 0.6) is 0 Å². The minimum Gasteiger partial charge on any atom is -0.318 e. The van der Waals surface area contributed by atoms with Crippen LogP contribution >= 0.6 is 12.9 Å². The van der Waals surface area contributed by atoms with Gasteiger partial charge in [-0.3, -0.25) is 0 Å². The molecule has 0 aromatic carbocycles. The summed E-state index contributed by atoms with van der Waals surface area (Å²) in [4.78, 5) is 0. The van der Waals surface area contributed by atoms with Crippen molar-refractivity contribution in [3.05, 3.63) is 0 Å². The van der Waals surface area contributed by atoms with Gasteiger partial charge in [-0.25, -0.2) is 0 Å². The number of hydrogen-bond acceptors (Lipinski definition) is 2. The number of rotatable bonds is 5. The molecule has 0 saturated carbocycles. The van der Waals surface area contributed by atoms with Crippen LogP contribution in [0.1, 0.15) is 33.1 Å². The quantitative estimate of drug-likeness (QED) is 0.466. The van der Waals surface area contributed by atoms with Gasteiger partial charge >= 0.3 is 0 Å². The third kappa shape index (κ3) is 4.79. The molecule has 2 heteroatoms. The SMILES string of the molecule is CCCC(CC)COS. The van der Waals surface area contributed by atoms with E-state index in [1.165, 1.54) is 19.3 Å². The molecule has 0 aromatic rings. The van der Waals surface area contributed by atoms with Gasteiger partial charge in [-0.05, 0) is 25.2 Å². The molecular weight excluding hydrogens is 132 g/mol. The van der Waals surface area contributed by atoms with Gasteiger partial charge in [0.2, 0.25) is 0 Å². The number of thiol groups is 1. The Bertz CT molecular complexity index is 50.9. The van der Waals surface area contributed by atoms with Crippen LogP contribution in [0.2, 0.25) is 0 Å². The van der Waals surface area contributed by atoms with E-state index < -0.39 is 0 Å². The molecule has 1 atom stereocenters. The molecule has 56 valence electrons. The highest BCUT2D eigenvalue weighted by Gasteiger charge is 2.02. The fraction of sp³-hybridized carbons (Fsp3) is 1.00. The zero-order chi connectivity index (χ0) is 7.11. The van der Waals surface area contributed by atoms with Crippen LogP contribution in [-0.2, 0) is 4.18 Å². The van der Waals surface area contributed by atoms with Gasteiger partial charge in [-0.15, -0.1) is 0 Å². The summed E-state index contributed by atoms with van der Waals surface area (Å²) in [6, 6.07) is 0. The van der Waals surface area contributed by atoms with Gasteiger partial charge in [0.05, 0.1) is 6.61 Å². The lowest BCUT2D eigenvalue weighted by atomic mass is 10.0. The first-order valence-electron chi connectivity index (χ1n) is 3.61.